The highest BCUT2D eigenvalue weighted by Crippen LogP contribution is 2.45. The van der Waals surface area contributed by atoms with Crippen LogP contribution in [0.15, 0.2) is 36.5 Å². The quantitative estimate of drug-likeness (QED) is 0.312. The molecule has 5 atom stereocenters. The van der Waals surface area contributed by atoms with E-state index in [0.717, 1.165) is 24.1 Å². The van der Waals surface area contributed by atoms with Crippen LogP contribution in [0.4, 0.5) is 0 Å². The summed E-state index contributed by atoms with van der Waals surface area (Å²) in [6.07, 6.45) is 10.5. The molecule has 1 aromatic heterocycles. The molecule has 1 unspecified atom stereocenters. The number of aromatic nitrogens is 3. The number of unbranched alkanes of at least 4 members (excludes halogenated alkanes) is 4. The molecule has 1 saturated heterocycles. The smallest absolute Gasteiger partial charge is 0.188 e. The van der Waals surface area contributed by atoms with E-state index in [2.05, 4.69) is 24.2 Å². The Morgan fingerprint density at radius 2 is 1.79 bits per heavy atom. The van der Waals surface area contributed by atoms with Gasteiger partial charge >= 0.3 is 0 Å². The van der Waals surface area contributed by atoms with E-state index < -0.39 is 8.32 Å². The molecule has 1 aromatic carbocycles. The molecule has 0 amide bonds. The third-order valence-electron chi connectivity index (χ3n) is 7.25. The molecule has 7 heteroatoms. The Hall–Kier alpha value is -1.54. The zero-order valence-corrected chi connectivity index (χ0v) is 21.9. The second kappa shape index (κ2) is 12.2. The molecule has 0 radical (unpaired) electrons. The minimum atomic E-state index is -2.36. The molecular formula is C26H43N3O3Si. The molecule has 0 aliphatic carbocycles. The summed E-state index contributed by atoms with van der Waals surface area (Å²) in [5.74, 6) is 0.215. The molecule has 6 nitrogen and oxygen atoms in total. The summed E-state index contributed by atoms with van der Waals surface area (Å²) in [7, 11) is -2.36. The van der Waals surface area contributed by atoms with Gasteiger partial charge in [0.15, 0.2) is 8.32 Å². The Morgan fingerprint density at radius 3 is 2.45 bits per heavy atom. The summed E-state index contributed by atoms with van der Waals surface area (Å²) in [5, 5.41) is 18.6. The molecule has 3 rings (SSSR count). The van der Waals surface area contributed by atoms with Gasteiger partial charge in [-0.3, -0.25) is 4.68 Å². The van der Waals surface area contributed by atoms with Crippen molar-refractivity contribution in [3.8, 4) is 0 Å². The van der Waals surface area contributed by atoms with Gasteiger partial charge in [-0.15, -0.1) is 5.10 Å². The molecule has 33 heavy (non-hydrogen) atoms. The first-order valence-corrected chi connectivity index (χ1v) is 15.8. The predicted molar refractivity (Wildman–Crippen MR) is 135 cm³/mol. The number of ether oxygens (including phenoxy) is 1. The van der Waals surface area contributed by atoms with Crippen LogP contribution in [0.2, 0.25) is 18.6 Å². The average Bonchev–Trinajstić information content (AvgIpc) is 3.37. The molecule has 1 fully saturated rings. The van der Waals surface area contributed by atoms with Gasteiger partial charge in [-0.2, -0.15) is 0 Å². The first kappa shape index (κ1) is 26.1. The van der Waals surface area contributed by atoms with E-state index in [0.29, 0.717) is 12.5 Å². The molecular weight excluding hydrogens is 430 g/mol. The number of nitrogens with zero attached hydrogens (tertiary/aromatic N) is 3. The van der Waals surface area contributed by atoms with Crippen molar-refractivity contribution in [3.63, 3.8) is 0 Å². The van der Waals surface area contributed by atoms with Gasteiger partial charge < -0.3 is 14.6 Å². The fourth-order valence-corrected chi connectivity index (χ4v) is 8.18. The molecule has 0 saturated carbocycles. The number of rotatable bonds is 13. The molecule has 0 spiro atoms. The van der Waals surface area contributed by atoms with Gasteiger partial charge in [0, 0.05) is 18.3 Å². The Labute approximate surface area is 200 Å². The van der Waals surface area contributed by atoms with Gasteiger partial charge in [-0.25, -0.2) is 0 Å². The van der Waals surface area contributed by atoms with E-state index in [1.54, 1.807) is 0 Å². The highest BCUT2D eigenvalue weighted by molar-refractivity contribution is 6.71. The second-order valence-electron chi connectivity index (χ2n) is 10.3. The van der Waals surface area contributed by atoms with Crippen molar-refractivity contribution in [2.24, 2.45) is 5.92 Å². The molecule has 1 aliphatic heterocycles. The molecule has 2 aromatic rings. The van der Waals surface area contributed by atoms with Crippen LogP contribution in [0.1, 0.15) is 76.0 Å². The Balaban J connectivity index is 1.60. The lowest BCUT2D eigenvalue weighted by atomic mass is 9.95. The third-order valence-corrected chi connectivity index (χ3v) is 9.78. The van der Waals surface area contributed by atoms with E-state index >= 15 is 0 Å². The van der Waals surface area contributed by atoms with E-state index in [9.17, 15) is 9.90 Å². The second-order valence-corrected chi connectivity index (χ2v) is 14.3. The monoisotopic (exact) mass is 473 g/mol. The zero-order chi connectivity index (χ0) is 23.8. The van der Waals surface area contributed by atoms with Gasteiger partial charge in [-0.1, -0.05) is 81.5 Å². The molecule has 2 heterocycles. The van der Waals surface area contributed by atoms with E-state index in [1.807, 2.05) is 54.3 Å². The van der Waals surface area contributed by atoms with E-state index in [-0.39, 0.29) is 30.3 Å². The molecule has 0 bridgehead atoms. The van der Waals surface area contributed by atoms with Crippen molar-refractivity contribution >= 4 is 8.32 Å². The van der Waals surface area contributed by atoms with Crippen molar-refractivity contribution < 1.29 is 14.6 Å². The third kappa shape index (κ3) is 6.98. The lowest BCUT2D eigenvalue weighted by Crippen LogP contribution is -2.40. The zero-order valence-electron chi connectivity index (χ0n) is 20.9. The Bertz CT molecular complexity index is 824. The summed E-state index contributed by atoms with van der Waals surface area (Å²) in [6, 6.07) is 9.94. The van der Waals surface area contributed by atoms with Crippen LogP contribution < -0.4 is 0 Å². The van der Waals surface area contributed by atoms with Crippen molar-refractivity contribution in [2.75, 3.05) is 6.61 Å². The maximum atomic E-state index is 11.0. The summed E-state index contributed by atoms with van der Waals surface area (Å²) in [5.41, 5.74) is 2.05. The van der Waals surface area contributed by atoms with Crippen LogP contribution in [0.5, 0.6) is 0 Å². The number of aliphatic hydroxyl groups excluding tert-OH is 1. The Morgan fingerprint density at radius 1 is 1.06 bits per heavy atom. The first-order valence-electron chi connectivity index (χ1n) is 12.8. The van der Waals surface area contributed by atoms with E-state index in [4.69, 9.17) is 4.74 Å². The summed E-state index contributed by atoms with van der Waals surface area (Å²) < 4.78 is 8.42. The van der Waals surface area contributed by atoms with Gasteiger partial charge in [0.25, 0.3) is 0 Å². The first-order chi connectivity index (χ1) is 15.8. The summed E-state index contributed by atoms with van der Waals surface area (Å²) in [4.78, 5) is 11.0. The van der Waals surface area contributed by atoms with Crippen LogP contribution in [-0.2, 0) is 11.3 Å². The van der Waals surface area contributed by atoms with Crippen LogP contribution in [-0.4, -0.2) is 52.0 Å². The predicted octanol–water partition coefficient (Wildman–Crippen LogP) is 5.12. The standard InChI is InChI=1S/C26H43N3O3Si/c1-5-6-7-8-12-15-24-20(2)26(33(3,4)31)25(32-24)16-17-29-18-23(27-28-29)22(19-30)21-13-10-9-11-14-21/h9-11,13-14,18,20,22,24-26,30-31H,5-8,12,15-17,19H2,1-4H3/t20-,22?,24+,25-,26+/m1/s1. The molecule has 1 aliphatic rings. The minimum absolute atomic E-state index is 0.00172. The minimum Gasteiger partial charge on any atom is -0.432 e. The molecule has 2 N–H and O–H groups in total. The van der Waals surface area contributed by atoms with Crippen molar-refractivity contribution in [3.05, 3.63) is 47.8 Å². The van der Waals surface area contributed by atoms with Crippen LogP contribution in [0, 0.1) is 5.92 Å². The lowest BCUT2D eigenvalue weighted by molar-refractivity contribution is 0.0229. The maximum Gasteiger partial charge on any atom is 0.188 e. The van der Waals surface area contributed by atoms with Crippen LogP contribution >= 0.6 is 0 Å². The number of aryl methyl sites for hydroxylation is 1. The highest BCUT2D eigenvalue weighted by Gasteiger charge is 2.49. The molecule has 184 valence electrons. The van der Waals surface area contributed by atoms with Gasteiger partial charge in [0.1, 0.15) is 0 Å². The van der Waals surface area contributed by atoms with Gasteiger partial charge in [-0.05, 0) is 37.4 Å². The van der Waals surface area contributed by atoms with Gasteiger partial charge in [0.2, 0.25) is 0 Å². The topological polar surface area (TPSA) is 80.4 Å². The normalized spacial score (nSPS) is 24.3. The largest absolute Gasteiger partial charge is 0.432 e. The SMILES string of the molecule is CCCCCCC[C@@H]1O[C@H](CCn2cc(C(CO)c3ccccc3)nn2)[C@@H]([Si](C)(C)O)[C@@H]1C. The maximum absolute atomic E-state index is 11.0. The van der Waals surface area contributed by atoms with Crippen molar-refractivity contribution in [2.45, 2.75) is 102 Å². The average molecular weight is 474 g/mol. The van der Waals surface area contributed by atoms with Crippen LogP contribution in [0.3, 0.4) is 0 Å². The van der Waals surface area contributed by atoms with Crippen molar-refractivity contribution in [1.29, 1.82) is 0 Å². The van der Waals surface area contributed by atoms with Crippen molar-refractivity contribution in [1.82, 2.24) is 15.0 Å². The van der Waals surface area contributed by atoms with Crippen LogP contribution in [0.25, 0.3) is 0 Å². The number of hydrogen-bond donors (Lipinski definition) is 2. The number of benzene rings is 1. The lowest BCUT2D eigenvalue weighted by Gasteiger charge is -2.30. The summed E-state index contributed by atoms with van der Waals surface area (Å²) in [6.45, 7) is 9.31. The Kier molecular flexibility index (Phi) is 9.67. The highest BCUT2D eigenvalue weighted by atomic mass is 28.4. The van der Waals surface area contributed by atoms with Gasteiger partial charge in [0.05, 0.1) is 30.4 Å². The number of hydrogen-bond acceptors (Lipinski definition) is 5. The number of aliphatic hydroxyl groups is 1. The van der Waals surface area contributed by atoms with E-state index in [1.165, 1.54) is 32.1 Å². The summed E-state index contributed by atoms with van der Waals surface area (Å²) >= 11 is 0. The fourth-order valence-electron chi connectivity index (χ4n) is 5.53. The fraction of sp³-hybridized carbons (Fsp3) is 0.692.